The Morgan fingerprint density at radius 3 is 0.826 bits per heavy atom. The summed E-state index contributed by atoms with van der Waals surface area (Å²) in [7, 11) is -9.90. The summed E-state index contributed by atoms with van der Waals surface area (Å²) in [5.41, 5.74) is 0. The van der Waals surface area contributed by atoms with Crippen molar-refractivity contribution < 1.29 is 80.2 Å². The lowest BCUT2D eigenvalue weighted by Crippen LogP contribution is -2.30. The van der Waals surface area contributed by atoms with Gasteiger partial charge < -0.3 is 33.8 Å². The number of phosphoric acid groups is 2. The molecule has 0 bridgehead atoms. The van der Waals surface area contributed by atoms with Gasteiger partial charge in [0.2, 0.25) is 0 Å². The molecule has 0 aromatic heterocycles. The van der Waals surface area contributed by atoms with Crippen LogP contribution in [0, 0.1) is 23.7 Å². The van der Waals surface area contributed by atoms with Crippen molar-refractivity contribution >= 4 is 39.5 Å². The molecule has 0 aliphatic carbocycles. The quantitative estimate of drug-likeness (QED) is 0.0222. The Kier molecular flexibility index (Phi) is 55.7. The number of phosphoric ester groups is 2. The SMILES string of the molecule is CCC(C)CCCCCCCCC(=O)OC[C@H](COP(=O)(O)OC[C@H](O)COP(=O)(O)OC[C@@H](COC(=O)CCCCCCCCC(C)C)OC(=O)CCCCCCCCCCCCCC(C)C)OC(=O)CCCCCCCCCCCCC(C)C. The number of esters is 4. The van der Waals surface area contributed by atoms with Crippen LogP contribution in [-0.4, -0.2) is 96.7 Å². The molecule has 0 rings (SSSR count). The van der Waals surface area contributed by atoms with Gasteiger partial charge in [0.1, 0.15) is 19.3 Å². The van der Waals surface area contributed by atoms with Crippen molar-refractivity contribution in [1.82, 2.24) is 0 Å². The molecule has 0 saturated carbocycles. The maximum absolute atomic E-state index is 13.0. The van der Waals surface area contributed by atoms with Crippen molar-refractivity contribution in [3.8, 4) is 0 Å². The van der Waals surface area contributed by atoms with E-state index >= 15 is 0 Å². The first-order valence-corrected chi connectivity index (χ1v) is 37.7. The first-order valence-electron chi connectivity index (χ1n) is 34.7. The zero-order chi connectivity index (χ0) is 63.9. The number of hydrogen-bond acceptors (Lipinski definition) is 15. The fraction of sp³-hybridized carbons (Fsp3) is 0.940. The number of aliphatic hydroxyl groups excluding tert-OH is 1. The third-order valence-corrected chi connectivity index (χ3v) is 17.6. The molecule has 0 aliphatic rings. The van der Waals surface area contributed by atoms with Gasteiger partial charge in [-0.1, -0.05) is 274 Å². The molecule has 86 heavy (non-hydrogen) atoms. The molecular weight excluding hydrogens is 1140 g/mol. The van der Waals surface area contributed by atoms with E-state index in [-0.39, 0.29) is 25.7 Å². The van der Waals surface area contributed by atoms with Crippen molar-refractivity contribution in [2.75, 3.05) is 39.6 Å². The number of unbranched alkanes of at least 4 members (excludes halogenated alkanes) is 29. The van der Waals surface area contributed by atoms with Crippen LogP contribution in [0.5, 0.6) is 0 Å². The Balaban J connectivity index is 5.25. The molecule has 0 aromatic rings. The first-order chi connectivity index (χ1) is 41.1. The molecule has 3 N–H and O–H groups in total. The van der Waals surface area contributed by atoms with Crippen molar-refractivity contribution in [2.45, 2.75) is 343 Å². The van der Waals surface area contributed by atoms with Gasteiger partial charge >= 0.3 is 39.5 Å². The molecule has 0 aromatic carbocycles. The van der Waals surface area contributed by atoms with E-state index in [1.165, 1.54) is 116 Å². The van der Waals surface area contributed by atoms with Crippen molar-refractivity contribution in [2.24, 2.45) is 23.7 Å². The predicted octanol–water partition coefficient (Wildman–Crippen LogP) is 18.5. The number of hydrogen-bond donors (Lipinski definition) is 3. The normalized spacial score (nSPS) is 14.7. The van der Waals surface area contributed by atoms with Crippen LogP contribution in [0.2, 0.25) is 0 Å². The van der Waals surface area contributed by atoms with Crippen LogP contribution in [0.25, 0.3) is 0 Å². The molecule has 3 unspecified atom stereocenters. The fourth-order valence-electron chi connectivity index (χ4n) is 9.93. The molecule has 0 saturated heterocycles. The molecule has 0 heterocycles. The summed E-state index contributed by atoms with van der Waals surface area (Å²) in [6.07, 6.45) is 37.7. The number of ether oxygens (including phenoxy) is 4. The first kappa shape index (κ1) is 84.1. The zero-order valence-corrected chi connectivity index (χ0v) is 57.7. The minimum absolute atomic E-state index is 0.104. The Bertz CT molecular complexity index is 1720. The van der Waals surface area contributed by atoms with Gasteiger partial charge in [-0.05, 0) is 49.4 Å². The molecule has 17 nitrogen and oxygen atoms in total. The lowest BCUT2D eigenvalue weighted by atomic mass is 10.00. The summed E-state index contributed by atoms with van der Waals surface area (Å²) in [6.45, 7) is 14.0. The largest absolute Gasteiger partial charge is 0.472 e. The van der Waals surface area contributed by atoms with Crippen molar-refractivity contribution in [3.63, 3.8) is 0 Å². The third kappa shape index (κ3) is 59.7. The standard InChI is InChI=1S/C67H130O17P2/c1-9-60(8)46-38-30-24-26-32-40-48-65(70)78-54-63(84-67(72)50-42-34-22-18-14-13-16-20-28-36-44-58(4)5)56-82-86(75,76)80-52-61(68)51-79-85(73,74)81-55-62(53-77-64(69)47-39-31-25-23-29-37-45-59(6)7)83-66(71)49-41-33-21-17-12-10-11-15-19-27-35-43-57(2)3/h57-63,68H,9-56H2,1-8H3,(H,73,74)(H,75,76)/t60?,61-,62-,63-/m1/s1. The number of carbonyl (C=O) groups is 4. The Labute approximate surface area is 524 Å². The lowest BCUT2D eigenvalue weighted by molar-refractivity contribution is -0.161. The molecular formula is C67H130O17P2. The van der Waals surface area contributed by atoms with Crippen LogP contribution in [0.15, 0.2) is 0 Å². The molecule has 6 atom stereocenters. The summed E-state index contributed by atoms with van der Waals surface area (Å²) >= 11 is 0. The molecule has 0 aliphatic heterocycles. The van der Waals surface area contributed by atoms with Crippen molar-refractivity contribution in [1.29, 1.82) is 0 Å². The fourth-order valence-corrected chi connectivity index (χ4v) is 11.5. The van der Waals surface area contributed by atoms with E-state index in [2.05, 4.69) is 55.4 Å². The van der Waals surface area contributed by atoms with E-state index in [0.29, 0.717) is 31.6 Å². The number of rotatable bonds is 64. The summed E-state index contributed by atoms with van der Waals surface area (Å²) in [6, 6.07) is 0. The molecule has 0 radical (unpaired) electrons. The van der Waals surface area contributed by atoms with Crippen LogP contribution >= 0.6 is 15.6 Å². The summed E-state index contributed by atoms with van der Waals surface area (Å²) in [4.78, 5) is 72.3. The molecule has 19 heteroatoms. The van der Waals surface area contributed by atoms with Gasteiger partial charge in [0.15, 0.2) is 12.2 Å². The van der Waals surface area contributed by atoms with Crippen LogP contribution < -0.4 is 0 Å². The third-order valence-electron chi connectivity index (χ3n) is 15.7. The van der Waals surface area contributed by atoms with Crippen LogP contribution in [-0.2, 0) is 65.4 Å². The second-order valence-electron chi connectivity index (χ2n) is 25.9. The van der Waals surface area contributed by atoms with Crippen LogP contribution in [0.3, 0.4) is 0 Å². The van der Waals surface area contributed by atoms with Gasteiger partial charge in [-0.25, -0.2) is 9.13 Å². The average Bonchev–Trinajstić information content (AvgIpc) is 3.66. The number of carbonyl (C=O) groups excluding carboxylic acids is 4. The topological polar surface area (TPSA) is 237 Å². The van der Waals surface area contributed by atoms with Crippen LogP contribution in [0.4, 0.5) is 0 Å². The highest BCUT2D eigenvalue weighted by atomic mass is 31.2. The summed E-state index contributed by atoms with van der Waals surface area (Å²) in [5.74, 6) is 0.791. The molecule has 0 fully saturated rings. The molecule has 0 amide bonds. The smallest absolute Gasteiger partial charge is 0.462 e. The number of aliphatic hydroxyl groups is 1. The Morgan fingerprint density at radius 1 is 0.326 bits per heavy atom. The average molecular weight is 1270 g/mol. The Morgan fingerprint density at radius 2 is 0.558 bits per heavy atom. The van der Waals surface area contributed by atoms with E-state index in [1.54, 1.807) is 0 Å². The van der Waals surface area contributed by atoms with Gasteiger partial charge in [0.05, 0.1) is 26.4 Å². The predicted molar refractivity (Wildman–Crippen MR) is 344 cm³/mol. The van der Waals surface area contributed by atoms with E-state index < -0.39 is 97.5 Å². The second kappa shape index (κ2) is 57.0. The van der Waals surface area contributed by atoms with Gasteiger partial charge in [-0.2, -0.15) is 0 Å². The van der Waals surface area contributed by atoms with Crippen molar-refractivity contribution in [3.05, 3.63) is 0 Å². The van der Waals surface area contributed by atoms with Gasteiger partial charge in [-0.15, -0.1) is 0 Å². The highest BCUT2D eigenvalue weighted by Gasteiger charge is 2.30. The summed E-state index contributed by atoms with van der Waals surface area (Å²) in [5, 5.41) is 10.6. The minimum Gasteiger partial charge on any atom is -0.462 e. The minimum atomic E-state index is -4.95. The van der Waals surface area contributed by atoms with E-state index in [0.717, 1.165) is 120 Å². The highest BCUT2D eigenvalue weighted by molar-refractivity contribution is 7.47. The maximum Gasteiger partial charge on any atom is 0.472 e. The van der Waals surface area contributed by atoms with Crippen LogP contribution in [0.1, 0.15) is 325 Å². The highest BCUT2D eigenvalue weighted by Crippen LogP contribution is 2.45. The van der Waals surface area contributed by atoms with Gasteiger partial charge in [-0.3, -0.25) is 37.3 Å². The van der Waals surface area contributed by atoms with Gasteiger partial charge in [0.25, 0.3) is 0 Å². The van der Waals surface area contributed by atoms with E-state index in [4.69, 9.17) is 37.0 Å². The molecule has 0 spiro atoms. The zero-order valence-electron chi connectivity index (χ0n) is 55.9. The Hall–Kier alpha value is -1.94. The van der Waals surface area contributed by atoms with Gasteiger partial charge in [0, 0.05) is 25.7 Å². The lowest BCUT2D eigenvalue weighted by Gasteiger charge is -2.21. The van der Waals surface area contributed by atoms with E-state index in [9.17, 15) is 43.2 Å². The monoisotopic (exact) mass is 1270 g/mol. The van der Waals surface area contributed by atoms with E-state index in [1.807, 2.05) is 0 Å². The second-order valence-corrected chi connectivity index (χ2v) is 28.8. The maximum atomic E-state index is 13.0. The molecule has 510 valence electrons. The summed E-state index contributed by atoms with van der Waals surface area (Å²) < 4.78 is 68.1.